The molecule has 3 nitrogen and oxygen atoms in total. The van der Waals surface area contributed by atoms with Crippen LogP contribution in [0.3, 0.4) is 0 Å². The van der Waals surface area contributed by atoms with Crippen molar-refractivity contribution in [2.75, 3.05) is 6.61 Å². The minimum Gasteiger partial charge on any atom is -0.460 e. The number of carbonyl (C=O) groups is 2. The average Bonchev–Trinajstić information content (AvgIpc) is 2.04. The molecule has 0 unspecified atom stereocenters. The van der Waals surface area contributed by atoms with E-state index < -0.39 is 11.8 Å². The molecule has 13 heavy (non-hydrogen) atoms. The molecule has 0 saturated carbocycles. The molecule has 0 aromatic rings. The second-order valence-corrected chi connectivity index (χ2v) is 2.69. The Hall–Kier alpha value is -1.38. The summed E-state index contributed by atoms with van der Waals surface area (Å²) in [5.41, 5.74) is 1.45. The summed E-state index contributed by atoms with van der Waals surface area (Å²) in [5.74, 6) is -1.45. The summed E-state index contributed by atoms with van der Waals surface area (Å²) < 4.78 is 4.52. The lowest BCUT2D eigenvalue weighted by Gasteiger charge is -1.99. The van der Waals surface area contributed by atoms with Gasteiger partial charge in [-0.25, -0.2) is 4.79 Å². The van der Waals surface area contributed by atoms with E-state index in [1.807, 2.05) is 0 Å². The fourth-order valence-electron chi connectivity index (χ4n) is 0.581. The number of ketones is 1. The van der Waals surface area contributed by atoms with E-state index in [0.29, 0.717) is 5.57 Å². The molecule has 3 heteroatoms. The van der Waals surface area contributed by atoms with Gasteiger partial charge >= 0.3 is 5.97 Å². The van der Waals surface area contributed by atoms with Gasteiger partial charge in [0.05, 0.1) is 6.61 Å². The monoisotopic (exact) mass is 182 g/mol. The molecule has 0 radical (unpaired) electrons. The summed E-state index contributed by atoms with van der Waals surface area (Å²) >= 11 is 0. The number of rotatable bonds is 4. The molecule has 0 atom stereocenters. The first-order chi connectivity index (χ1) is 5.99. The van der Waals surface area contributed by atoms with Crippen LogP contribution in [0.15, 0.2) is 23.8 Å². The molecule has 0 saturated heterocycles. The van der Waals surface area contributed by atoms with Gasteiger partial charge in [-0.05, 0) is 32.4 Å². The molecule has 0 rings (SSSR count). The van der Waals surface area contributed by atoms with Gasteiger partial charge in [0.15, 0.2) is 0 Å². The largest absolute Gasteiger partial charge is 0.460 e. The van der Waals surface area contributed by atoms with Gasteiger partial charge in [0.25, 0.3) is 5.78 Å². The van der Waals surface area contributed by atoms with E-state index in [-0.39, 0.29) is 6.61 Å². The Kier molecular flexibility index (Phi) is 4.74. The van der Waals surface area contributed by atoms with E-state index in [0.717, 1.165) is 5.57 Å². The first-order valence-corrected chi connectivity index (χ1v) is 4.04. The van der Waals surface area contributed by atoms with Crippen molar-refractivity contribution in [2.24, 2.45) is 0 Å². The highest BCUT2D eigenvalue weighted by molar-refractivity contribution is 6.38. The number of ether oxygens (including phenoxy) is 1. The van der Waals surface area contributed by atoms with Crippen LogP contribution in [0.1, 0.15) is 20.8 Å². The van der Waals surface area contributed by atoms with Gasteiger partial charge in [-0.1, -0.05) is 12.2 Å². The van der Waals surface area contributed by atoms with Crippen LogP contribution >= 0.6 is 0 Å². The quantitative estimate of drug-likeness (QED) is 0.287. The van der Waals surface area contributed by atoms with Crippen LogP contribution < -0.4 is 0 Å². The molecule has 72 valence electrons. The van der Waals surface area contributed by atoms with Crippen LogP contribution in [0.4, 0.5) is 0 Å². The van der Waals surface area contributed by atoms with Gasteiger partial charge in [0.1, 0.15) is 0 Å². The van der Waals surface area contributed by atoms with Crippen molar-refractivity contribution in [1.82, 2.24) is 0 Å². The van der Waals surface area contributed by atoms with Crippen molar-refractivity contribution in [1.29, 1.82) is 0 Å². The standard InChI is InChI=1S/C10H14O3/c1-5-13-10(12)9(11)6-8(4)7(2)3/h6H,2,5H2,1,3-4H3/b8-6+. The molecule has 0 bridgehead atoms. The van der Waals surface area contributed by atoms with Crippen molar-refractivity contribution in [3.8, 4) is 0 Å². The van der Waals surface area contributed by atoms with Crippen LogP contribution in [-0.2, 0) is 14.3 Å². The highest BCUT2D eigenvalue weighted by atomic mass is 16.5. The van der Waals surface area contributed by atoms with Crippen LogP contribution in [0.25, 0.3) is 0 Å². The Bertz CT molecular complexity index is 261. The van der Waals surface area contributed by atoms with Gasteiger partial charge in [-0.2, -0.15) is 0 Å². The highest BCUT2D eigenvalue weighted by Gasteiger charge is 2.11. The number of carbonyl (C=O) groups excluding carboxylic acids is 2. The van der Waals surface area contributed by atoms with E-state index in [9.17, 15) is 9.59 Å². The molecule has 0 fully saturated rings. The van der Waals surface area contributed by atoms with Gasteiger partial charge in [-0.3, -0.25) is 4.79 Å². The SMILES string of the molecule is C=C(C)/C(C)=C/C(=O)C(=O)OCC. The Balaban J connectivity index is 4.37. The predicted molar refractivity (Wildman–Crippen MR) is 50.2 cm³/mol. The lowest BCUT2D eigenvalue weighted by molar-refractivity contribution is -0.151. The van der Waals surface area contributed by atoms with Gasteiger partial charge in [0, 0.05) is 0 Å². The number of allylic oxidation sites excluding steroid dienone is 2. The van der Waals surface area contributed by atoms with Gasteiger partial charge in [0.2, 0.25) is 0 Å². The minimum absolute atomic E-state index is 0.213. The average molecular weight is 182 g/mol. The van der Waals surface area contributed by atoms with Crippen LogP contribution in [0, 0.1) is 0 Å². The Morgan fingerprint density at radius 3 is 2.31 bits per heavy atom. The maximum Gasteiger partial charge on any atom is 0.379 e. The Labute approximate surface area is 78.1 Å². The molecule has 0 N–H and O–H groups in total. The predicted octanol–water partition coefficient (Wildman–Crippen LogP) is 1.64. The molecule has 0 heterocycles. The normalized spacial score (nSPS) is 10.8. The highest BCUT2D eigenvalue weighted by Crippen LogP contribution is 2.04. The smallest absolute Gasteiger partial charge is 0.379 e. The summed E-state index contributed by atoms with van der Waals surface area (Å²) in [6, 6.07) is 0. The first-order valence-electron chi connectivity index (χ1n) is 4.04. The first kappa shape index (κ1) is 11.6. The van der Waals surface area contributed by atoms with Crippen molar-refractivity contribution >= 4 is 11.8 Å². The zero-order valence-corrected chi connectivity index (χ0v) is 8.22. The summed E-state index contributed by atoms with van der Waals surface area (Å²) in [6.45, 7) is 9.00. The lowest BCUT2D eigenvalue weighted by Crippen LogP contribution is -2.15. The van der Waals surface area contributed by atoms with Crippen molar-refractivity contribution in [3.05, 3.63) is 23.8 Å². The molecular formula is C10H14O3. The van der Waals surface area contributed by atoms with Gasteiger partial charge in [-0.15, -0.1) is 0 Å². The fourth-order valence-corrected chi connectivity index (χ4v) is 0.581. The van der Waals surface area contributed by atoms with Crippen LogP contribution in [0.5, 0.6) is 0 Å². The van der Waals surface area contributed by atoms with E-state index in [1.54, 1.807) is 20.8 Å². The van der Waals surface area contributed by atoms with Crippen LogP contribution in [0.2, 0.25) is 0 Å². The third-order valence-electron chi connectivity index (χ3n) is 1.50. The molecular weight excluding hydrogens is 168 g/mol. The number of esters is 1. The molecule has 0 aromatic carbocycles. The minimum atomic E-state index is -0.817. The fraction of sp³-hybridized carbons (Fsp3) is 0.400. The maximum atomic E-state index is 11.1. The molecule has 0 aliphatic carbocycles. The summed E-state index contributed by atoms with van der Waals surface area (Å²) in [5, 5.41) is 0. The van der Waals surface area contributed by atoms with E-state index in [2.05, 4.69) is 11.3 Å². The third kappa shape index (κ3) is 4.25. The second kappa shape index (κ2) is 5.30. The molecule has 0 spiro atoms. The zero-order valence-electron chi connectivity index (χ0n) is 8.22. The van der Waals surface area contributed by atoms with E-state index >= 15 is 0 Å². The lowest BCUT2D eigenvalue weighted by atomic mass is 10.1. The van der Waals surface area contributed by atoms with Crippen molar-refractivity contribution in [3.63, 3.8) is 0 Å². The molecule has 0 aromatic heterocycles. The van der Waals surface area contributed by atoms with E-state index in [1.165, 1.54) is 6.08 Å². The van der Waals surface area contributed by atoms with Crippen LogP contribution in [-0.4, -0.2) is 18.4 Å². The maximum absolute atomic E-state index is 11.1. The van der Waals surface area contributed by atoms with Crippen molar-refractivity contribution in [2.45, 2.75) is 20.8 Å². The summed E-state index contributed by atoms with van der Waals surface area (Å²) in [6.07, 6.45) is 1.24. The second-order valence-electron chi connectivity index (χ2n) is 2.69. The molecule has 0 aliphatic rings. The molecule has 0 amide bonds. The summed E-state index contributed by atoms with van der Waals surface area (Å²) in [7, 11) is 0. The van der Waals surface area contributed by atoms with Crippen molar-refractivity contribution < 1.29 is 14.3 Å². The zero-order chi connectivity index (χ0) is 10.4. The molecule has 0 aliphatic heterocycles. The Morgan fingerprint density at radius 2 is 1.92 bits per heavy atom. The number of hydrogen-bond donors (Lipinski definition) is 0. The summed E-state index contributed by atoms with van der Waals surface area (Å²) in [4.78, 5) is 21.9. The topological polar surface area (TPSA) is 43.4 Å². The van der Waals surface area contributed by atoms with Gasteiger partial charge < -0.3 is 4.74 Å². The third-order valence-corrected chi connectivity index (χ3v) is 1.50. The Morgan fingerprint density at radius 1 is 1.38 bits per heavy atom. The number of hydrogen-bond acceptors (Lipinski definition) is 3. The van der Waals surface area contributed by atoms with E-state index in [4.69, 9.17) is 0 Å².